The Morgan fingerprint density at radius 2 is 1.53 bits per heavy atom. The molecule has 7 heteroatoms. The van der Waals surface area contributed by atoms with Gasteiger partial charge in [-0.1, -0.05) is 0 Å². The van der Waals surface area contributed by atoms with Gasteiger partial charge in [0.2, 0.25) is 0 Å². The van der Waals surface area contributed by atoms with E-state index < -0.39 is 0 Å². The van der Waals surface area contributed by atoms with Gasteiger partial charge >= 0.3 is 0 Å². The Kier molecular flexibility index (Phi) is 5.52. The highest BCUT2D eigenvalue weighted by Gasteiger charge is 2.09. The van der Waals surface area contributed by atoms with Gasteiger partial charge in [-0.05, 0) is 66.7 Å². The highest BCUT2D eigenvalue weighted by Crippen LogP contribution is 2.23. The standard InChI is InChI=1S/C23H21N3O4/c1-28-18-6-4-17(5-7-18)26-15-24-21-13-16(3-12-22(21)26)25-23(27)14-30-20-10-8-19(29-2)9-11-20/h3-13,15H,14H2,1-2H3,(H,25,27). The van der Waals surface area contributed by atoms with Crippen LogP contribution in [0.5, 0.6) is 17.2 Å². The van der Waals surface area contributed by atoms with Crippen LogP contribution in [0.2, 0.25) is 0 Å². The molecule has 0 bridgehead atoms. The number of hydrogen-bond donors (Lipinski definition) is 1. The van der Waals surface area contributed by atoms with Gasteiger partial charge in [0.15, 0.2) is 6.61 Å². The quantitative estimate of drug-likeness (QED) is 0.504. The molecule has 0 fully saturated rings. The van der Waals surface area contributed by atoms with Gasteiger partial charge in [-0.15, -0.1) is 0 Å². The Morgan fingerprint density at radius 1 is 0.900 bits per heavy atom. The van der Waals surface area contributed by atoms with Crippen molar-refractivity contribution in [1.29, 1.82) is 0 Å². The zero-order valence-electron chi connectivity index (χ0n) is 16.7. The zero-order chi connectivity index (χ0) is 20.9. The van der Waals surface area contributed by atoms with E-state index in [2.05, 4.69) is 10.3 Å². The second-order valence-electron chi connectivity index (χ2n) is 6.53. The molecule has 0 aliphatic carbocycles. The van der Waals surface area contributed by atoms with Crippen molar-refractivity contribution in [2.24, 2.45) is 0 Å². The average Bonchev–Trinajstić information content (AvgIpc) is 3.21. The second kappa shape index (κ2) is 8.57. The van der Waals surface area contributed by atoms with E-state index in [1.54, 1.807) is 44.8 Å². The van der Waals surface area contributed by atoms with E-state index in [1.807, 2.05) is 47.0 Å². The summed E-state index contributed by atoms with van der Waals surface area (Å²) in [6, 6.07) is 20.4. The Balaban J connectivity index is 1.42. The van der Waals surface area contributed by atoms with Crippen molar-refractivity contribution in [2.75, 3.05) is 26.1 Å². The lowest BCUT2D eigenvalue weighted by Gasteiger charge is -2.09. The van der Waals surface area contributed by atoms with Crippen molar-refractivity contribution < 1.29 is 19.0 Å². The van der Waals surface area contributed by atoms with Crippen LogP contribution in [-0.4, -0.2) is 36.3 Å². The lowest BCUT2D eigenvalue weighted by atomic mass is 10.2. The van der Waals surface area contributed by atoms with Crippen LogP contribution in [0.25, 0.3) is 16.7 Å². The number of nitrogens with zero attached hydrogens (tertiary/aromatic N) is 2. The van der Waals surface area contributed by atoms with Gasteiger partial charge < -0.3 is 19.5 Å². The molecule has 0 aliphatic rings. The molecule has 4 aromatic rings. The first-order valence-electron chi connectivity index (χ1n) is 9.34. The lowest BCUT2D eigenvalue weighted by molar-refractivity contribution is -0.118. The number of carbonyl (C=O) groups is 1. The molecule has 30 heavy (non-hydrogen) atoms. The molecule has 0 unspecified atom stereocenters. The van der Waals surface area contributed by atoms with E-state index in [4.69, 9.17) is 14.2 Å². The maximum atomic E-state index is 12.2. The van der Waals surface area contributed by atoms with Crippen LogP contribution in [0.3, 0.4) is 0 Å². The van der Waals surface area contributed by atoms with Crippen LogP contribution in [0.15, 0.2) is 73.1 Å². The summed E-state index contributed by atoms with van der Waals surface area (Å²) in [4.78, 5) is 16.7. The zero-order valence-corrected chi connectivity index (χ0v) is 16.7. The van der Waals surface area contributed by atoms with Crippen molar-refractivity contribution >= 4 is 22.6 Å². The monoisotopic (exact) mass is 403 g/mol. The van der Waals surface area contributed by atoms with Gasteiger partial charge in [0, 0.05) is 11.4 Å². The number of hydrogen-bond acceptors (Lipinski definition) is 5. The summed E-state index contributed by atoms with van der Waals surface area (Å²) in [6.45, 7) is -0.0926. The van der Waals surface area contributed by atoms with E-state index in [-0.39, 0.29) is 12.5 Å². The highest BCUT2D eigenvalue weighted by molar-refractivity contribution is 5.94. The number of rotatable bonds is 7. The summed E-state index contributed by atoms with van der Waals surface area (Å²) < 4.78 is 17.8. The van der Waals surface area contributed by atoms with Gasteiger partial charge in [-0.3, -0.25) is 9.36 Å². The van der Waals surface area contributed by atoms with Gasteiger partial charge in [-0.2, -0.15) is 0 Å². The van der Waals surface area contributed by atoms with Crippen molar-refractivity contribution in [3.8, 4) is 22.9 Å². The molecule has 1 amide bonds. The summed E-state index contributed by atoms with van der Waals surface area (Å²) in [7, 11) is 3.24. The first-order chi connectivity index (χ1) is 14.7. The number of nitrogens with one attached hydrogen (secondary N) is 1. The van der Waals surface area contributed by atoms with Gasteiger partial charge in [0.05, 0.1) is 25.3 Å². The minimum absolute atomic E-state index is 0.0926. The Morgan fingerprint density at radius 3 is 2.20 bits per heavy atom. The van der Waals surface area contributed by atoms with Crippen LogP contribution >= 0.6 is 0 Å². The summed E-state index contributed by atoms with van der Waals surface area (Å²) in [6.07, 6.45) is 1.75. The number of amides is 1. The van der Waals surface area contributed by atoms with Crippen LogP contribution < -0.4 is 19.5 Å². The number of methoxy groups -OCH3 is 2. The van der Waals surface area contributed by atoms with Crippen molar-refractivity contribution in [3.05, 3.63) is 73.1 Å². The molecule has 4 rings (SSSR count). The van der Waals surface area contributed by atoms with Gasteiger partial charge in [-0.25, -0.2) is 4.98 Å². The normalized spacial score (nSPS) is 10.6. The molecular weight excluding hydrogens is 382 g/mol. The summed E-state index contributed by atoms with van der Waals surface area (Å²) in [5.74, 6) is 1.87. The fourth-order valence-electron chi connectivity index (χ4n) is 3.06. The molecule has 152 valence electrons. The van der Waals surface area contributed by atoms with Crippen molar-refractivity contribution in [2.45, 2.75) is 0 Å². The molecule has 0 atom stereocenters. The number of ether oxygens (including phenoxy) is 3. The number of imidazole rings is 1. The van der Waals surface area contributed by atoms with Crippen LogP contribution in [0, 0.1) is 0 Å². The molecule has 0 aliphatic heterocycles. The first kappa shape index (κ1) is 19.3. The molecule has 1 N–H and O–H groups in total. The minimum Gasteiger partial charge on any atom is -0.497 e. The third-order valence-corrected chi connectivity index (χ3v) is 4.61. The minimum atomic E-state index is -0.250. The number of carbonyl (C=O) groups excluding carboxylic acids is 1. The molecule has 0 radical (unpaired) electrons. The largest absolute Gasteiger partial charge is 0.497 e. The highest BCUT2D eigenvalue weighted by atomic mass is 16.5. The molecule has 3 aromatic carbocycles. The summed E-state index contributed by atoms with van der Waals surface area (Å²) in [5.41, 5.74) is 3.35. The maximum absolute atomic E-state index is 12.2. The Labute approximate surface area is 173 Å². The Hall–Kier alpha value is -4.00. The van der Waals surface area contributed by atoms with E-state index in [1.165, 1.54) is 0 Å². The fraction of sp³-hybridized carbons (Fsp3) is 0.130. The third-order valence-electron chi connectivity index (χ3n) is 4.61. The molecule has 7 nitrogen and oxygen atoms in total. The predicted octanol–water partition coefficient (Wildman–Crippen LogP) is 4.06. The number of fused-ring (bicyclic) bond motifs is 1. The molecule has 0 spiro atoms. The van der Waals surface area contributed by atoms with E-state index in [0.29, 0.717) is 11.4 Å². The Bertz CT molecular complexity index is 1150. The second-order valence-corrected chi connectivity index (χ2v) is 6.53. The first-order valence-corrected chi connectivity index (χ1v) is 9.34. The smallest absolute Gasteiger partial charge is 0.262 e. The molecule has 0 saturated heterocycles. The van der Waals surface area contributed by atoms with Crippen molar-refractivity contribution in [3.63, 3.8) is 0 Å². The number of anilines is 1. The number of aromatic nitrogens is 2. The summed E-state index contributed by atoms with van der Waals surface area (Å²) in [5, 5.41) is 2.84. The van der Waals surface area contributed by atoms with E-state index >= 15 is 0 Å². The topological polar surface area (TPSA) is 74.6 Å². The van der Waals surface area contributed by atoms with Crippen LogP contribution in [0.4, 0.5) is 5.69 Å². The molecule has 1 aromatic heterocycles. The van der Waals surface area contributed by atoms with Crippen LogP contribution in [-0.2, 0) is 4.79 Å². The predicted molar refractivity (Wildman–Crippen MR) is 115 cm³/mol. The third kappa shape index (κ3) is 4.20. The van der Waals surface area contributed by atoms with Gasteiger partial charge in [0.1, 0.15) is 23.6 Å². The fourth-order valence-corrected chi connectivity index (χ4v) is 3.06. The van der Waals surface area contributed by atoms with E-state index in [0.717, 1.165) is 28.2 Å². The van der Waals surface area contributed by atoms with Crippen molar-refractivity contribution in [1.82, 2.24) is 9.55 Å². The molecule has 1 heterocycles. The SMILES string of the molecule is COc1ccc(OCC(=O)Nc2ccc3c(c2)ncn3-c2ccc(OC)cc2)cc1. The van der Waals surface area contributed by atoms with E-state index in [9.17, 15) is 4.79 Å². The maximum Gasteiger partial charge on any atom is 0.262 e. The lowest BCUT2D eigenvalue weighted by Crippen LogP contribution is -2.20. The molecule has 0 saturated carbocycles. The summed E-state index contributed by atoms with van der Waals surface area (Å²) >= 11 is 0. The van der Waals surface area contributed by atoms with Crippen LogP contribution in [0.1, 0.15) is 0 Å². The molecular formula is C23H21N3O4. The average molecular weight is 403 g/mol. The van der Waals surface area contributed by atoms with Gasteiger partial charge in [0.25, 0.3) is 5.91 Å². The number of benzene rings is 3.